The molecule has 1 heterocycles. The summed E-state index contributed by atoms with van der Waals surface area (Å²) < 4.78 is 0. The minimum atomic E-state index is 0.0777. The van der Waals surface area contributed by atoms with Gasteiger partial charge in [0.05, 0.1) is 0 Å². The fourth-order valence-electron chi connectivity index (χ4n) is 3.56. The number of nitrogens with one attached hydrogen (secondary N) is 1. The van der Waals surface area contributed by atoms with Crippen molar-refractivity contribution in [1.29, 1.82) is 0 Å². The lowest BCUT2D eigenvalue weighted by Crippen LogP contribution is -2.37. The second kappa shape index (κ2) is 7.16. The number of benzene rings is 1. The number of piperidine rings is 1. The van der Waals surface area contributed by atoms with Crippen LogP contribution in [0.2, 0.25) is 0 Å². The first-order valence-corrected chi connectivity index (χ1v) is 8.83. The molecule has 1 aliphatic carbocycles. The number of hydrogen-bond donors (Lipinski definition) is 1. The predicted molar refractivity (Wildman–Crippen MR) is 91.3 cm³/mol. The molecule has 0 spiro atoms. The first kappa shape index (κ1) is 16.0. The van der Waals surface area contributed by atoms with Gasteiger partial charge in [-0.1, -0.05) is 25.8 Å². The number of carbonyl (C=O) groups is 2. The highest BCUT2D eigenvalue weighted by Gasteiger charge is 2.24. The average molecular weight is 314 g/mol. The molecule has 1 aromatic carbocycles. The summed E-state index contributed by atoms with van der Waals surface area (Å²) >= 11 is 0. The van der Waals surface area contributed by atoms with Crippen molar-refractivity contribution in [2.75, 3.05) is 18.4 Å². The van der Waals surface area contributed by atoms with E-state index in [-0.39, 0.29) is 17.7 Å². The van der Waals surface area contributed by atoms with E-state index in [1.165, 1.54) is 0 Å². The quantitative estimate of drug-likeness (QED) is 0.925. The van der Waals surface area contributed by atoms with Gasteiger partial charge in [0.25, 0.3) is 5.91 Å². The fraction of sp³-hybridized carbons (Fsp3) is 0.579. The van der Waals surface area contributed by atoms with Crippen LogP contribution < -0.4 is 5.32 Å². The Balaban J connectivity index is 1.64. The average Bonchev–Trinajstić information content (AvgIpc) is 3.10. The van der Waals surface area contributed by atoms with Gasteiger partial charge in [-0.2, -0.15) is 0 Å². The molecule has 4 nitrogen and oxygen atoms in total. The molecule has 124 valence electrons. The van der Waals surface area contributed by atoms with Crippen molar-refractivity contribution in [3.63, 3.8) is 0 Å². The van der Waals surface area contributed by atoms with Crippen LogP contribution in [0.25, 0.3) is 0 Å². The van der Waals surface area contributed by atoms with Gasteiger partial charge in [-0.25, -0.2) is 0 Å². The zero-order valence-electron chi connectivity index (χ0n) is 13.9. The highest BCUT2D eigenvalue weighted by molar-refractivity contribution is 5.97. The number of hydrogen-bond acceptors (Lipinski definition) is 2. The van der Waals surface area contributed by atoms with Gasteiger partial charge in [0.1, 0.15) is 0 Å². The van der Waals surface area contributed by atoms with E-state index in [9.17, 15) is 9.59 Å². The topological polar surface area (TPSA) is 49.4 Å². The summed E-state index contributed by atoms with van der Waals surface area (Å²) in [5.74, 6) is 1.02. The van der Waals surface area contributed by atoms with Gasteiger partial charge in [-0.3, -0.25) is 9.59 Å². The molecule has 1 N–H and O–H groups in total. The second-order valence-corrected chi connectivity index (χ2v) is 7.03. The van der Waals surface area contributed by atoms with Crippen molar-refractivity contribution in [2.45, 2.75) is 45.4 Å². The summed E-state index contributed by atoms with van der Waals surface area (Å²) in [6.07, 6.45) is 6.40. The standard InChI is InChI=1S/C19H26N2O2/c1-14-9-11-21(12-10-14)19(23)16-7-4-8-17(13-16)20-18(22)15-5-2-3-6-15/h4,7-8,13-15H,2-3,5-6,9-12H2,1H3,(H,20,22). The molecule has 0 bridgehead atoms. The van der Waals surface area contributed by atoms with E-state index in [1.54, 1.807) is 0 Å². The van der Waals surface area contributed by atoms with Crippen molar-refractivity contribution in [3.8, 4) is 0 Å². The van der Waals surface area contributed by atoms with Crippen LogP contribution in [0.1, 0.15) is 55.8 Å². The van der Waals surface area contributed by atoms with Crippen molar-refractivity contribution < 1.29 is 9.59 Å². The molecule has 2 fully saturated rings. The Bertz CT molecular complexity index is 570. The normalized spacial score (nSPS) is 19.8. The van der Waals surface area contributed by atoms with Gasteiger partial charge < -0.3 is 10.2 Å². The fourth-order valence-corrected chi connectivity index (χ4v) is 3.56. The molecule has 1 saturated carbocycles. The Hall–Kier alpha value is -1.84. The third-order valence-electron chi connectivity index (χ3n) is 5.17. The number of nitrogens with zero attached hydrogens (tertiary/aromatic N) is 1. The van der Waals surface area contributed by atoms with E-state index in [0.717, 1.165) is 57.3 Å². The number of likely N-dealkylation sites (tertiary alicyclic amines) is 1. The van der Waals surface area contributed by atoms with Crippen LogP contribution in [0, 0.1) is 11.8 Å². The molecule has 1 aliphatic heterocycles. The lowest BCUT2D eigenvalue weighted by Gasteiger charge is -2.30. The van der Waals surface area contributed by atoms with Crippen LogP contribution >= 0.6 is 0 Å². The maximum atomic E-state index is 12.6. The second-order valence-electron chi connectivity index (χ2n) is 7.03. The van der Waals surface area contributed by atoms with E-state index in [4.69, 9.17) is 0 Å². The molecule has 0 atom stereocenters. The van der Waals surface area contributed by atoms with Crippen LogP contribution in [0.3, 0.4) is 0 Å². The van der Waals surface area contributed by atoms with E-state index in [1.807, 2.05) is 29.2 Å². The number of rotatable bonds is 3. The minimum absolute atomic E-state index is 0.0777. The van der Waals surface area contributed by atoms with E-state index in [2.05, 4.69) is 12.2 Å². The molecule has 1 saturated heterocycles. The van der Waals surface area contributed by atoms with Crippen LogP contribution in [0.15, 0.2) is 24.3 Å². The van der Waals surface area contributed by atoms with E-state index < -0.39 is 0 Å². The maximum Gasteiger partial charge on any atom is 0.253 e. The van der Waals surface area contributed by atoms with Crippen LogP contribution in [0.5, 0.6) is 0 Å². The Kier molecular flexibility index (Phi) is 4.99. The summed E-state index contributed by atoms with van der Waals surface area (Å²) in [4.78, 5) is 26.8. The van der Waals surface area contributed by atoms with Crippen LogP contribution in [0.4, 0.5) is 5.69 Å². The van der Waals surface area contributed by atoms with E-state index >= 15 is 0 Å². The number of anilines is 1. The molecule has 23 heavy (non-hydrogen) atoms. The molecular formula is C19H26N2O2. The monoisotopic (exact) mass is 314 g/mol. The minimum Gasteiger partial charge on any atom is -0.339 e. The molecule has 2 aliphatic rings. The summed E-state index contributed by atoms with van der Waals surface area (Å²) in [7, 11) is 0. The molecule has 2 amide bonds. The van der Waals surface area contributed by atoms with Crippen molar-refractivity contribution in [1.82, 2.24) is 4.90 Å². The Morgan fingerprint density at radius 2 is 1.78 bits per heavy atom. The van der Waals surface area contributed by atoms with Crippen molar-refractivity contribution in [3.05, 3.63) is 29.8 Å². The zero-order valence-corrected chi connectivity index (χ0v) is 13.9. The molecule has 0 radical (unpaired) electrons. The summed E-state index contributed by atoms with van der Waals surface area (Å²) in [6, 6.07) is 7.37. The van der Waals surface area contributed by atoms with E-state index in [0.29, 0.717) is 11.5 Å². The molecule has 0 aromatic heterocycles. The van der Waals surface area contributed by atoms with Crippen LogP contribution in [-0.4, -0.2) is 29.8 Å². The van der Waals surface area contributed by atoms with Gasteiger partial charge >= 0.3 is 0 Å². The summed E-state index contributed by atoms with van der Waals surface area (Å²) in [5, 5.41) is 2.98. The smallest absolute Gasteiger partial charge is 0.253 e. The molecular weight excluding hydrogens is 288 g/mol. The molecule has 4 heteroatoms. The highest BCUT2D eigenvalue weighted by Crippen LogP contribution is 2.26. The molecule has 3 rings (SSSR count). The summed E-state index contributed by atoms with van der Waals surface area (Å²) in [5.41, 5.74) is 1.40. The third-order valence-corrected chi connectivity index (χ3v) is 5.17. The summed E-state index contributed by atoms with van der Waals surface area (Å²) in [6.45, 7) is 3.90. The van der Waals surface area contributed by atoms with Crippen LogP contribution in [-0.2, 0) is 4.79 Å². The van der Waals surface area contributed by atoms with Gasteiger partial charge in [0.15, 0.2) is 0 Å². The molecule has 0 unspecified atom stereocenters. The Labute approximate surface area is 138 Å². The highest BCUT2D eigenvalue weighted by atomic mass is 16.2. The van der Waals surface area contributed by atoms with Gasteiger partial charge in [-0.15, -0.1) is 0 Å². The molecule has 1 aromatic rings. The lowest BCUT2D eigenvalue weighted by atomic mass is 9.98. The maximum absolute atomic E-state index is 12.6. The first-order chi connectivity index (χ1) is 11.1. The largest absolute Gasteiger partial charge is 0.339 e. The van der Waals surface area contributed by atoms with Gasteiger partial charge in [-0.05, 0) is 49.8 Å². The zero-order chi connectivity index (χ0) is 16.2. The Morgan fingerprint density at radius 3 is 2.48 bits per heavy atom. The first-order valence-electron chi connectivity index (χ1n) is 8.83. The lowest BCUT2D eigenvalue weighted by molar-refractivity contribution is -0.119. The van der Waals surface area contributed by atoms with Gasteiger partial charge in [0.2, 0.25) is 5.91 Å². The number of amides is 2. The van der Waals surface area contributed by atoms with Crippen molar-refractivity contribution in [2.24, 2.45) is 11.8 Å². The Morgan fingerprint density at radius 1 is 1.09 bits per heavy atom. The van der Waals surface area contributed by atoms with Gasteiger partial charge in [0, 0.05) is 30.3 Å². The SMILES string of the molecule is CC1CCN(C(=O)c2cccc(NC(=O)C3CCCC3)c2)CC1. The third kappa shape index (κ3) is 3.92. The predicted octanol–water partition coefficient (Wildman–Crippen LogP) is 3.69. The van der Waals surface area contributed by atoms with Crippen molar-refractivity contribution >= 4 is 17.5 Å². The number of carbonyl (C=O) groups excluding carboxylic acids is 2.